The molecule has 2 rings (SSSR count). The van der Waals surface area contributed by atoms with Crippen molar-refractivity contribution >= 4 is 34.8 Å². The van der Waals surface area contributed by atoms with Crippen molar-refractivity contribution in [1.82, 2.24) is 5.32 Å². The van der Waals surface area contributed by atoms with Gasteiger partial charge >= 0.3 is 0 Å². The predicted octanol–water partition coefficient (Wildman–Crippen LogP) is 5.55. The Morgan fingerprint density at radius 2 is 1.73 bits per heavy atom. The first-order valence-corrected chi connectivity index (χ1v) is 9.41. The third-order valence-corrected chi connectivity index (χ3v) is 4.96. The van der Waals surface area contributed by atoms with Crippen LogP contribution in [0.25, 0.3) is 0 Å². The monoisotopic (exact) mass is 396 g/mol. The quantitative estimate of drug-likeness (QED) is 0.602. The Hall–Kier alpha value is -1.62. The van der Waals surface area contributed by atoms with Crippen LogP contribution in [0.15, 0.2) is 30.3 Å². The molecule has 0 fully saturated rings. The fraction of sp³-hybridized carbons (Fsp3) is 0.350. The molecule has 0 saturated carbocycles. The highest BCUT2D eigenvalue weighted by Gasteiger charge is 2.15. The number of carbonyl (C=O) groups is 1. The normalized spacial score (nSPS) is 12.1. The maximum atomic E-state index is 13.7. The molecule has 0 radical (unpaired) electrons. The molecule has 0 spiro atoms. The van der Waals surface area contributed by atoms with E-state index in [1.54, 1.807) is 0 Å². The number of aryl methyl sites for hydroxylation is 2. The molecule has 1 atom stereocenters. The van der Waals surface area contributed by atoms with Crippen LogP contribution in [-0.2, 0) is 17.6 Å². The lowest BCUT2D eigenvalue weighted by Gasteiger charge is -2.18. The van der Waals surface area contributed by atoms with Crippen molar-refractivity contribution in [1.29, 1.82) is 0 Å². The van der Waals surface area contributed by atoms with E-state index in [0.717, 1.165) is 29.7 Å². The van der Waals surface area contributed by atoms with Crippen molar-refractivity contribution in [3.63, 3.8) is 0 Å². The van der Waals surface area contributed by atoms with Gasteiger partial charge in [0.25, 0.3) is 0 Å². The Labute approximate surface area is 163 Å². The molecule has 3 nitrogen and oxygen atoms in total. The molecule has 0 bridgehead atoms. The van der Waals surface area contributed by atoms with Gasteiger partial charge in [-0.2, -0.15) is 0 Å². The van der Waals surface area contributed by atoms with E-state index >= 15 is 0 Å². The summed E-state index contributed by atoms with van der Waals surface area (Å²) in [5.74, 6) is -0.688. The van der Waals surface area contributed by atoms with Gasteiger partial charge in [-0.1, -0.05) is 55.2 Å². The van der Waals surface area contributed by atoms with Crippen LogP contribution < -0.4 is 10.6 Å². The Kier molecular flexibility index (Phi) is 7.44. The van der Waals surface area contributed by atoms with Crippen LogP contribution in [0.5, 0.6) is 0 Å². The maximum Gasteiger partial charge on any atom is 0.238 e. The zero-order valence-electron chi connectivity index (χ0n) is 15.1. The molecule has 2 aromatic carbocycles. The summed E-state index contributed by atoms with van der Waals surface area (Å²) in [6.07, 6.45) is 1.68. The third-order valence-electron chi connectivity index (χ3n) is 4.34. The minimum absolute atomic E-state index is 0.0213. The summed E-state index contributed by atoms with van der Waals surface area (Å²) in [4.78, 5) is 12.4. The van der Waals surface area contributed by atoms with Crippen LogP contribution in [-0.4, -0.2) is 12.5 Å². The summed E-state index contributed by atoms with van der Waals surface area (Å²) < 4.78 is 13.7. The second-order valence-corrected chi connectivity index (χ2v) is 6.91. The number of para-hydroxylation sites is 1. The van der Waals surface area contributed by atoms with Crippen molar-refractivity contribution in [3.05, 3.63) is 62.9 Å². The van der Waals surface area contributed by atoms with Gasteiger partial charge in [0.1, 0.15) is 5.82 Å². The molecule has 0 saturated heterocycles. The highest BCUT2D eigenvalue weighted by molar-refractivity contribution is 6.35. The van der Waals surface area contributed by atoms with Gasteiger partial charge in [0.05, 0.1) is 11.6 Å². The first-order valence-electron chi connectivity index (χ1n) is 8.65. The molecule has 26 heavy (non-hydrogen) atoms. The molecule has 0 heterocycles. The van der Waals surface area contributed by atoms with Crippen molar-refractivity contribution < 1.29 is 9.18 Å². The van der Waals surface area contributed by atoms with E-state index in [1.807, 2.05) is 25.1 Å². The van der Waals surface area contributed by atoms with Crippen molar-refractivity contribution in [2.75, 3.05) is 11.9 Å². The summed E-state index contributed by atoms with van der Waals surface area (Å²) in [6, 6.07) is 8.40. The number of nitrogens with one attached hydrogen (secondary N) is 2. The molecular weight excluding hydrogens is 374 g/mol. The molecule has 2 N–H and O–H groups in total. The van der Waals surface area contributed by atoms with E-state index in [2.05, 4.69) is 24.5 Å². The number of amides is 1. The minimum atomic E-state index is -0.534. The number of anilines is 1. The summed E-state index contributed by atoms with van der Waals surface area (Å²) >= 11 is 11.9. The Morgan fingerprint density at radius 3 is 2.31 bits per heavy atom. The van der Waals surface area contributed by atoms with E-state index in [-0.39, 0.29) is 23.5 Å². The Balaban J connectivity index is 2.05. The molecule has 0 aromatic heterocycles. The molecule has 6 heteroatoms. The van der Waals surface area contributed by atoms with Crippen LogP contribution in [0.2, 0.25) is 10.0 Å². The first kappa shape index (κ1) is 20.7. The molecule has 0 aliphatic rings. The highest BCUT2D eigenvalue weighted by atomic mass is 35.5. The van der Waals surface area contributed by atoms with Crippen LogP contribution >= 0.6 is 23.2 Å². The SMILES string of the molecule is CCc1cccc(CC)c1NC(=O)CN[C@H](C)c1cc(F)c(Cl)cc1Cl. The Bertz CT molecular complexity index is 773. The predicted molar refractivity (Wildman–Crippen MR) is 107 cm³/mol. The van der Waals surface area contributed by atoms with Gasteiger partial charge in [-0.25, -0.2) is 4.39 Å². The van der Waals surface area contributed by atoms with Gasteiger partial charge in [0.15, 0.2) is 0 Å². The van der Waals surface area contributed by atoms with Gasteiger partial charge in [-0.05, 0) is 48.6 Å². The zero-order chi connectivity index (χ0) is 19.3. The average molecular weight is 397 g/mol. The smallest absolute Gasteiger partial charge is 0.238 e. The number of benzene rings is 2. The second kappa shape index (κ2) is 9.36. The molecular formula is C20H23Cl2FN2O. The van der Waals surface area contributed by atoms with E-state index in [0.29, 0.717) is 10.6 Å². The summed E-state index contributed by atoms with van der Waals surface area (Å²) in [5, 5.41) is 6.41. The molecule has 140 valence electrons. The molecule has 0 unspecified atom stereocenters. The average Bonchev–Trinajstić information content (AvgIpc) is 2.62. The van der Waals surface area contributed by atoms with Crippen LogP contribution in [0.3, 0.4) is 0 Å². The number of hydrogen-bond acceptors (Lipinski definition) is 2. The number of rotatable bonds is 7. The van der Waals surface area contributed by atoms with E-state index in [9.17, 15) is 9.18 Å². The van der Waals surface area contributed by atoms with Gasteiger partial charge in [0.2, 0.25) is 5.91 Å². The van der Waals surface area contributed by atoms with Crippen molar-refractivity contribution in [2.24, 2.45) is 0 Å². The molecule has 1 amide bonds. The van der Waals surface area contributed by atoms with Crippen LogP contribution in [0, 0.1) is 5.82 Å². The fourth-order valence-electron chi connectivity index (χ4n) is 2.81. The lowest BCUT2D eigenvalue weighted by molar-refractivity contribution is -0.115. The summed E-state index contributed by atoms with van der Waals surface area (Å²) in [5.41, 5.74) is 3.65. The van der Waals surface area contributed by atoms with Gasteiger partial charge in [-0.3, -0.25) is 4.79 Å². The summed E-state index contributed by atoms with van der Waals surface area (Å²) in [7, 11) is 0. The topological polar surface area (TPSA) is 41.1 Å². The number of carbonyl (C=O) groups excluding carboxylic acids is 1. The van der Waals surface area contributed by atoms with E-state index in [4.69, 9.17) is 23.2 Å². The van der Waals surface area contributed by atoms with E-state index in [1.165, 1.54) is 12.1 Å². The van der Waals surface area contributed by atoms with Crippen LogP contribution in [0.4, 0.5) is 10.1 Å². The first-order chi connectivity index (χ1) is 12.4. The number of halogens is 3. The van der Waals surface area contributed by atoms with Crippen molar-refractivity contribution in [2.45, 2.75) is 39.7 Å². The lowest BCUT2D eigenvalue weighted by Crippen LogP contribution is -2.30. The lowest BCUT2D eigenvalue weighted by atomic mass is 10.0. The highest BCUT2D eigenvalue weighted by Crippen LogP contribution is 2.28. The Morgan fingerprint density at radius 1 is 1.12 bits per heavy atom. The molecule has 0 aliphatic heterocycles. The van der Waals surface area contributed by atoms with Gasteiger partial charge < -0.3 is 10.6 Å². The molecule has 2 aromatic rings. The zero-order valence-corrected chi connectivity index (χ0v) is 16.6. The minimum Gasteiger partial charge on any atom is -0.324 e. The molecule has 0 aliphatic carbocycles. The van der Waals surface area contributed by atoms with Gasteiger partial charge in [-0.15, -0.1) is 0 Å². The van der Waals surface area contributed by atoms with E-state index < -0.39 is 5.82 Å². The summed E-state index contributed by atoms with van der Waals surface area (Å²) in [6.45, 7) is 6.02. The maximum absolute atomic E-state index is 13.7. The largest absolute Gasteiger partial charge is 0.324 e. The standard InChI is InChI=1S/C20H23Cl2FN2O/c1-4-13-7-6-8-14(5-2)20(13)25-19(26)11-24-12(3)15-9-18(23)17(22)10-16(15)21/h6-10,12,24H,4-5,11H2,1-3H3,(H,25,26)/t12-/m1/s1. The van der Waals surface area contributed by atoms with Crippen LogP contribution in [0.1, 0.15) is 43.5 Å². The van der Waals surface area contributed by atoms with Gasteiger partial charge in [0, 0.05) is 16.8 Å². The third kappa shape index (κ3) is 4.97. The number of hydrogen-bond donors (Lipinski definition) is 2. The van der Waals surface area contributed by atoms with Crippen molar-refractivity contribution in [3.8, 4) is 0 Å². The second-order valence-electron chi connectivity index (χ2n) is 6.10. The fourth-order valence-corrected chi connectivity index (χ4v) is 3.36.